The Balaban J connectivity index is 2.20. The van der Waals surface area contributed by atoms with Gasteiger partial charge in [-0.3, -0.25) is 10.1 Å². The molecule has 0 aliphatic heterocycles. The van der Waals surface area contributed by atoms with Gasteiger partial charge in [-0.1, -0.05) is 24.3 Å². The molecule has 0 heterocycles. The quantitative estimate of drug-likeness (QED) is 0.653. The summed E-state index contributed by atoms with van der Waals surface area (Å²) in [6, 6.07) is 10.9. The zero-order valence-electron chi connectivity index (χ0n) is 11.5. The Morgan fingerprint density at radius 3 is 2.62 bits per heavy atom. The Bertz CT molecular complexity index is 647. The summed E-state index contributed by atoms with van der Waals surface area (Å²) < 4.78 is 18.4. The summed E-state index contributed by atoms with van der Waals surface area (Å²) >= 11 is 0. The van der Waals surface area contributed by atoms with Crippen LogP contribution in [0.1, 0.15) is 11.1 Å². The molecule has 6 heteroatoms. The van der Waals surface area contributed by atoms with Gasteiger partial charge in [0.25, 0.3) is 5.69 Å². The number of hydrogen-bond donors (Lipinski definition) is 1. The van der Waals surface area contributed by atoms with Gasteiger partial charge >= 0.3 is 0 Å². The topological polar surface area (TPSA) is 64.4 Å². The van der Waals surface area contributed by atoms with Crippen molar-refractivity contribution in [3.8, 4) is 0 Å². The molecule has 0 aliphatic rings. The minimum atomic E-state index is -0.539. The lowest BCUT2D eigenvalue weighted by atomic mass is 10.1. The SMILES string of the molecule is COCc1ccccc1CNc1cc(F)ccc1[N+](=O)[O-]. The van der Waals surface area contributed by atoms with E-state index in [0.29, 0.717) is 13.2 Å². The van der Waals surface area contributed by atoms with Gasteiger partial charge in [-0.25, -0.2) is 4.39 Å². The van der Waals surface area contributed by atoms with Crippen molar-refractivity contribution in [3.05, 3.63) is 69.5 Å². The number of hydrogen-bond acceptors (Lipinski definition) is 4. The van der Waals surface area contributed by atoms with E-state index in [-0.39, 0.29) is 11.4 Å². The van der Waals surface area contributed by atoms with Crippen molar-refractivity contribution in [2.24, 2.45) is 0 Å². The number of nitro benzene ring substituents is 1. The molecule has 0 aromatic heterocycles. The minimum absolute atomic E-state index is 0.152. The van der Waals surface area contributed by atoms with Gasteiger partial charge in [0.1, 0.15) is 11.5 Å². The van der Waals surface area contributed by atoms with Gasteiger partial charge in [-0.2, -0.15) is 0 Å². The summed E-state index contributed by atoms with van der Waals surface area (Å²) in [5, 5.41) is 13.9. The number of nitrogens with one attached hydrogen (secondary N) is 1. The minimum Gasteiger partial charge on any atom is -0.380 e. The summed E-state index contributed by atoms with van der Waals surface area (Å²) in [5.74, 6) is -0.520. The number of methoxy groups -OCH3 is 1. The first-order valence-corrected chi connectivity index (χ1v) is 6.35. The molecule has 2 aromatic rings. The van der Waals surface area contributed by atoms with Crippen LogP contribution in [0.3, 0.4) is 0 Å². The fraction of sp³-hybridized carbons (Fsp3) is 0.200. The molecular weight excluding hydrogens is 275 g/mol. The molecule has 5 nitrogen and oxygen atoms in total. The highest BCUT2D eigenvalue weighted by Crippen LogP contribution is 2.25. The van der Waals surface area contributed by atoms with Crippen molar-refractivity contribution in [2.45, 2.75) is 13.2 Å². The van der Waals surface area contributed by atoms with E-state index in [1.807, 2.05) is 24.3 Å². The maximum atomic E-state index is 13.3. The molecule has 0 fully saturated rings. The van der Waals surface area contributed by atoms with E-state index in [2.05, 4.69) is 5.32 Å². The summed E-state index contributed by atoms with van der Waals surface area (Å²) in [6.07, 6.45) is 0. The zero-order chi connectivity index (χ0) is 15.2. The predicted molar refractivity (Wildman–Crippen MR) is 77.5 cm³/mol. The van der Waals surface area contributed by atoms with Gasteiger partial charge in [0.2, 0.25) is 0 Å². The van der Waals surface area contributed by atoms with Crippen LogP contribution in [0.4, 0.5) is 15.8 Å². The van der Waals surface area contributed by atoms with Crippen LogP contribution in [0.25, 0.3) is 0 Å². The van der Waals surface area contributed by atoms with E-state index in [1.54, 1.807) is 7.11 Å². The molecule has 2 aromatic carbocycles. The molecule has 0 radical (unpaired) electrons. The van der Waals surface area contributed by atoms with E-state index in [1.165, 1.54) is 0 Å². The molecule has 0 atom stereocenters. The zero-order valence-corrected chi connectivity index (χ0v) is 11.5. The third kappa shape index (κ3) is 3.76. The maximum Gasteiger partial charge on any atom is 0.292 e. The van der Waals surface area contributed by atoms with Crippen LogP contribution in [-0.2, 0) is 17.9 Å². The first-order valence-electron chi connectivity index (χ1n) is 6.35. The molecule has 1 N–H and O–H groups in total. The second kappa shape index (κ2) is 6.81. The van der Waals surface area contributed by atoms with Gasteiger partial charge in [0.05, 0.1) is 11.5 Å². The second-order valence-corrected chi connectivity index (χ2v) is 4.47. The fourth-order valence-electron chi connectivity index (χ4n) is 2.03. The monoisotopic (exact) mass is 290 g/mol. The van der Waals surface area contributed by atoms with Crippen molar-refractivity contribution in [3.63, 3.8) is 0 Å². The van der Waals surface area contributed by atoms with Crippen LogP contribution in [0.15, 0.2) is 42.5 Å². The molecule has 0 saturated carbocycles. The van der Waals surface area contributed by atoms with E-state index in [0.717, 1.165) is 29.3 Å². The molecule has 0 saturated heterocycles. The van der Waals surface area contributed by atoms with Crippen molar-refractivity contribution in [1.82, 2.24) is 0 Å². The highest BCUT2D eigenvalue weighted by Gasteiger charge is 2.14. The largest absolute Gasteiger partial charge is 0.380 e. The van der Waals surface area contributed by atoms with E-state index >= 15 is 0 Å². The van der Waals surface area contributed by atoms with Gasteiger partial charge in [-0.05, 0) is 17.2 Å². The Kier molecular flexibility index (Phi) is 4.84. The summed E-state index contributed by atoms with van der Waals surface area (Å²) in [6.45, 7) is 0.799. The van der Waals surface area contributed by atoms with Crippen molar-refractivity contribution < 1.29 is 14.1 Å². The van der Waals surface area contributed by atoms with Crippen LogP contribution >= 0.6 is 0 Å². The molecule has 0 spiro atoms. The number of ether oxygens (including phenoxy) is 1. The third-order valence-corrected chi connectivity index (χ3v) is 3.04. The molecule has 0 bridgehead atoms. The Hall–Kier alpha value is -2.47. The van der Waals surface area contributed by atoms with Crippen molar-refractivity contribution in [1.29, 1.82) is 0 Å². The molecule has 21 heavy (non-hydrogen) atoms. The number of halogens is 1. The van der Waals surface area contributed by atoms with E-state index in [9.17, 15) is 14.5 Å². The van der Waals surface area contributed by atoms with Crippen molar-refractivity contribution in [2.75, 3.05) is 12.4 Å². The predicted octanol–water partition coefficient (Wildman–Crippen LogP) is 3.49. The highest BCUT2D eigenvalue weighted by atomic mass is 19.1. The van der Waals surface area contributed by atoms with Crippen LogP contribution in [-0.4, -0.2) is 12.0 Å². The highest BCUT2D eigenvalue weighted by molar-refractivity contribution is 5.61. The lowest BCUT2D eigenvalue weighted by Gasteiger charge is -2.11. The van der Waals surface area contributed by atoms with Gasteiger partial charge in [0, 0.05) is 25.8 Å². The summed E-state index contributed by atoms with van der Waals surface area (Å²) in [4.78, 5) is 10.4. The average Bonchev–Trinajstić information content (AvgIpc) is 2.46. The van der Waals surface area contributed by atoms with Crippen LogP contribution < -0.4 is 5.32 Å². The summed E-state index contributed by atoms with van der Waals surface area (Å²) in [5.41, 5.74) is 1.93. The normalized spacial score (nSPS) is 10.4. The fourth-order valence-corrected chi connectivity index (χ4v) is 2.03. The molecule has 2 rings (SSSR count). The standard InChI is InChI=1S/C15H15FN2O3/c1-21-10-12-5-3-2-4-11(12)9-17-14-8-13(16)6-7-15(14)18(19)20/h2-8,17H,9-10H2,1H3. The van der Waals surface area contributed by atoms with Gasteiger partial charge < -0.3 is 10.1 Å². The van der Waals surface area contributed by atoms with Crippen LogP contribution in [0.2, 0.25) is 0 Å². The maximum absolute atomic E-state index is 13.3. The number of nitro groups is 1. The lowest BCUT2D eigenvalue weighted by molar-refractivity contribution is -0.384. The van der Waals surface area contributed by atoms with Crippen LogP contribution in [0, 0.1) is 15.9 Å². The van der Waals surface area contributed by atoms with Crippen LogP contribution in [0.5, 0.6) is 0 Å². The Morgan fingerprint density at radius 1 is 1.24 bits per heavy atom. The Labute approximate surface area is 121 Å². The van der Waals surface area contributed by atoms with Gasteiger partial charge in [-0.15, -0.1) is 0 Å². The van der Waals surface area contributed by atoms with Crippen molar-refractivity contribution >= 4 is 11.4 Å². The van der Waals surface area contributed by atoms with Gasteiger partial charge in [0.15, 0.2) is 0 Å². The number of benzene rings is 2. The molecule has 0 aliphatic carbocycles. The second-order valence-electron chi connectivity index (χ2n) is 4.47. The molecule has 0 unspecified atom stereocenters. The third-order valence-electron chi connectivity index (χ3n) is 3.04. The first-order chi connectivity index (χ1) is 10.1. The van der Waals surface area contributed by atoms with E-state index < -0.39 is 10.7 Å². The average molecular weight is 290 g/mol. The van der Waals surface area contributed by atoms with E-state index in [4.69, 9.17) is 4.74 Å². The Morgan fingerprint density at radius 2 is 1.95 bits per heavy atom. The number of anilines is 1. The smallest absolute Gasteiger partial charge is 0.292 e. The number of nitrogens with zero attached hydrogens (tertiary/aromatic N) is 1. The summed E-state index contributed by atoms with van der Waals surface area (Å²) in [7, 11) is 1.60. The molecule has 110 valence electrons. The molecule has 0 amide bonds. The lowest BCUT2D eigenvalue weighted by Crippen LogP contribution is -2.06. The molecular formula is C15H15FN2O3. The number of rotatable bonds is 6. The first kappa shape index (κ1) is 14.9.